The first-order valence-electron chi connectivity index (χ1n) is 12.5. The second kappa shape index (κ2) is 11.0. The van der Waals surface area contributed by atoms with Gasteiger partial charge >= 0.3 is 6.18 Å². The lowest BCUT2D eigenvalue weighted by Crippen LogP contribution is -2.32. The fourth-order valence-corrected chi connectivity index (χ4v) is 3.96. The van der Waals surface area contributed by atoms with Gasteiger partial charge in [-0.2, -0.15) is 18.2 Å². The summed E-state index contributed by atoms with van der Waals surface area (Å²) < 4.78 is 53.5. The summed E-state index contributed by atoms with van der Waals surface area (Å²) in [5.74, 6) is -0.935. The Kier molecular flexibility index (Phi) is 8.64. The first-order valence-corrected chi connectivity index (χ1v) is 12.5. The number of hydrogen-bond donors (Lipinski definition) is 2. The second-order valence-electron chi connectivity index (χ2n) is 11.9. The van der Waals surface area contributed by atoms with Gasteiger partial charge in [0.1, 0.15) is 12.4 Å². The molecule has 1 saturated heterocycles. The number of carbonyl (C=O) groups is 1. The van der Waals surface area contributed by atoms with Crippen molar-refractivity contribution < 1.29 is 32.5 Å². The van der Waals surface area contributed by atoms with E-state index in [4.69, 9.17) is 9.47 Å². The van der Waals surface area contributed by atoms with E-state index in [2.05, 4.69) is 30.9 Å². The number of ether oxygens (including phenoxy) is 2. The van der Waals surface area contributed by atoms with Crippen molar-refractivity contribution >= 4 is 5.91 Å². The van der Waals surface area contributed by atoms with Gasteiger partial charge in [-0.15, -0.1) is 0 Å². The number of rotatable bonds is 7. The van der Waals surface area contributed by atoms with Crippen molar-refractivity contribution in [1.29, 1.82) is 0 Å². The first-order chi connectivity index (χ1) is 17.0. The quantitative estimate of drug-likeness (QED) is 0.525. The van der Waals surface area contributed by atoms with Crippen LogP contribution in [0.2, 0.25) is 0 Å². The molecule has 1 aromatic carbocycles. The molecule has 1 aliphatic rings. The highest BCUT2D eigenvalue weighted by Gasteiger charge is 2.32. The molecule has 2 atom stereocenters. The zero-order valence-corrected chi connectivity index (χ0v) is 22.4. The summed E-state index contributed by atoms with van der Waals surface area (Å²) in [5, 5.41) is 13.6. The topological polar surface area (TPSA) is 88.8 Å². The molecule has 0 spiro atoms. The predicted octanol–water partition coefficient (Wildman–Crippen LogP) is 5.13. The average molecular weight is 526 g/mol. The van der Waals surface area contributed by atoms with Crippen molar-refractivity contribution in [2.45, 2.75) is 85.7 Å². The van der Waals surface area contributed by atoms with Gasteiger partial charge in [-0.3, -0.25) is 9.48 Å². The lowest BCUT2D eigenvalue weighted by molar-refractivity contribution is -0.137. The summed E-state index contributed by atoms with van der Waals surface area (Å²) in [6.07, 6.45) is -3.08. The van der Waals surface area contributed by atoms with Crippen molar-refractivity contribution in [3.63, 3.8) is 0 Å². The molecule has 1 aliphatic heterocycles. The van der Waals surface area contributed by atoms with Gasteiger partial charge in [0.25, 0.3) is 5.91 Å². The third-order valence-electron chi connectivity index (χ3n) is 6.14. The number of nitrogens with one attached hydrogen (secondary N) is 1. The van der Waals surface area contributed by atoms with Crippen LogP contribution >= 0.6 is 0 Å². The highest BCUT2D eigenvalue weighted by molar-refractivity contribution is 5.97. The number of alkyl halides is 3. The molecule has 2 heterocycles. The molecule has 0 saturated carbocycles. The van der Waals surface area contributed by atoms with E-state index in [9.17, 15) is 23.1 Å². The van der Waals surface area contributed by atoms with Crippen LogP contribution in [0.15, 0.2) is 29.3 Å². The van der Waals surface area contributed by atoms with E-state index in [1.54, 1.807) is 10.7 Å². The van der Waals surface area contributed by atoms with Gasteiger partial charge in [-0.05, 0) is 48.3 Å². The van der Waals surface area contributed by atoms with Crippen molar-refractivity contribution in [2.24, 2.45) is 15.8 Å². The number of H-pyrrole nitrogens is 1. The molecule has 0 aliphatic carbocycles. The van der Waals surface area contributed by atoms with E-state index in [1.165, 1.54) is 0 Å². The number of aromatic amines is 1. The minimum Gasteiger partial charge on any atom is -0.490 e. The summed E-state index contributed by atoms with van der Waals surface area (Å²) in [6.45, 7) is 12.6. The number of nitrogens with zero attached hydrogens (tertiary/aromatic N) is 2. The summed E-state index contributed by atoms with van der Waals surface area (Å²) in [7, 11) is 0. The normalized spacial score (nSPS) is 18.3. The number of aromatic nitrogens is 2. The zero-order chi connectivity index (χ0) is 27.6. The van der Waals surface area contributed by atoms with Crippen LogP contribution in [-0.2, 0) is 23.9 Å². The van der Waals surface area contributed by atoms with Crippen LogP contribution in [0.4, 0.5) is 13.2 Å². The van der Waals surface area contributed by atoms with Crippen LogP contribution in [0.25, 0.3) is 0 Å². The number of benzene rings is 1. The fourth-order valence-electron chi connectivity index (χ4n) is 3.96. The maximum atomic E-state index is 13.5. The maximum Gasteiger partial charge on any atom is 0.416 e. The Balaban J connectivity index is 2.01. The number of aliphatic hydroxyl groups excluding tert-OH is 1. The lowest BCUT2D eigenvalue weighted by Gasteiger charge is -2.26. The van der Waals surface area contributed by atoms with Crippen LogP contribution in [0.1, 0.15) is 76.0 Å². The molecule has 0 radical (unpaired) electrons. The molecule has 1 aromatic heterocycles. The van der Waals surface area contributed by atoms with Gasteiger partial charge in [0.2, 0.25) is 0 Å². The van der Waals surface area contributed by atoms with Crippen LogP contribution in [0.5, 0.6) is 5.75 Å². The predicted molar refractivity (Wildman–Crippen MR) is 133 cm³/mol. The summed E-state index contributed by atoms with van der Waals surface area (Å²) in [5.41, 5.74) is -0.696. The standard InChI is InChI=1S/C27H38F3N3O4/c1-25(2,3)14-18-13-23(33(32-18)15-19-8-7-11-36-19)31-24(35)20-12-17(27(28,29)30)9-10-21(20)37-16-22(34)26(4,5)6/h9-10,12-13,19,22,32,34H,7-8,11,14-16H2,1-6H3/t19-,22+/m1/s1. The number of halogens is 3. The molecule has 2 aromatic rings. The van der Waals surface area contributed by atoms with E-state index in [0.29, 0.717) is 25.1 Å². The molecule has 37 heavy (non-hydrogen) atoms. The Morgan fingerprint density at radius 1 is 1.22 bits per heavy atom. The monoisotopic (exact) mass is 525 g/mol. The van der Waals surface area contributed by atoms with E-state index in [1.807, 2.05) is 20.8 Å². The van der Waals surface area contributed by atoms with Crippen LogP contribution in [0.3, 0.4) is 0 Å². The van der Waals surface area contributed by atoms with Crippen molar-refractivity contribution in [3.05, 3.63) is 46.6 Å². The highest BCUT2D eigenvalue weighted by Crippen LogP contribution is 2.33. The van der Waals surface area contributed by atoms with Crippen LogP contribution < -0.4 is 10.2 Å². The van der Waals surface area contributed by atoms with E-state index >= 15 is 0 Å². The van der Waals surface area contributed by atoms with Gasteiger partial charge in [-0.25, -0.2) is 0 Å². The average Bonchev–Trinajstić information content (AvgIpc) is 3.39. The molecule has 0 unspecified atom stereocenters. The van der Waals surface area contributed by atoms with Crippen molar-refractivity contribution in [1.82, 2.24) is 9.78 Å². The van der Waals surface area contributed by atoms with Crippen molar-refractivity contribution in [3.8, 4) is 5.75 Å². The van der Waals surface area contributed by atoms with Gasteiger partial charge < -0.3 is 19.7 Å². The zero-order valence-electron chi connectivity index (χ0n) is 22.4. The van der Waals surface area contributed by atoms with Gasteiger partial charge in [0.05, 0.1) is 29.9 Å². The SMILES string of the molecule is CC(C)(C)Cc1cc(=NC(=O)c2cc(C(F)(F)F)ccc2OC[C@H](O)C(C)(C)C)n(C[C@H]2CCCO2)[nH]1. The Morgan fingerprint density at radius 2 is 1.92 bits per heavy atom. The van der Waals surface area contributed by atoms with Crippen LogP contribution in [0, 0.1) is 10.8 Å². The van der Waals surface area contributed by atoms with E-state index in [-0.39, 0.29) is 29.4 Å². The Labute approximate surface area is 215 Å². The maximum absolute atomic E-state index is 13.5. The second-order valence-corrected chi connectivity index (χ2v) is 11.9. The fraction of sp³-hybridized carbons (Fsp3) is 0.630. The molecule has 206 valence electrons. The summed E-state index contributed by atoms with van der Waals surface area (Å²) in [6, 6.07) is 4.45. The third kappa shape index (κ3) is 8.20. The van der Waals surface area contributed by atoms with Gasteiger partial charge in [0, 0.05) is 18.4 Å². The first kappa shape index (κ1) is 29.0. The molecule has 0 bridgehead atoms. The Morgan fingerprint density at radius 3 is 2.49 bits per heavy atom. The lowest BCUT2D eigenvalue weighted by atomic mass is 9.90. The molecule has 7 nitrogen and oxygen atoms in total. The number of carbonyl (C=O) groups excluding carboxylic acids is 1. The molecule has 10 heteroatoms. The summed E-state index contributed by atoms with van der Waals surface area (Å²) in [4.78, 5) is 17.5. The van der Waals surface area contributed by atoms with E-state index in [0.717, 1.165) is 36.7 Å². The molecular formula is C27H38F3N3O4. The largest absolute Gasteiger partial charge is 0.490 e. The van der Waals surface area contributed by atoms with Gasteiger partial charge in [0.15, 0.2) is 5.49 Å². The van der Waals surface area contributed by atoms with Crippen molar-refractivity contribution in [2.75, 3.05) is 13.2 Å². The van der Waals surface area contributed by atoms with E-state index < -0.39 is 29.2 Å². The third-order valence-corrected chi connectivity index (χ3v) is 6.14. The Bertz CT molecular complexity index is 1150. The smallest absolute Gasteiger partial charge is 0.416 e. The summed E-state index contributed by atoms with van der Waals surface area (Å²) >= 11 is 0. The molecule has 2 N–H and O–H groups in total. The van der Waals surface area contributed by atoms with Crippen LogP contribution in [-0.4, -0.2) is 46.2 Å². The minimum absolute atomic E-state index is 0.0379. The number of hydrogen-bond acceptors (Lipinski definition) is 4. The highest BCUT2D eigenvalue weighted by atomic mass is 19.4. The molecule has 1 fully saturated rings. The molecule has 1 amide bonds. The molecular weight excluding hydrogens is 487 g/mol. The van der Waals surface area contributed by atoms with Gasteiger partial charge in [-0.1, -0.05) is 41.5 Å². The number of amides is 1. The Hall–Kier alpha value is -2.59. The minimum atomic E-state index is -4.65. The number of aliphatic hydroxyl groups is 1. The molecule has 3 rings (SSSR count).